The van der Waals surface area contributed by atoms with E-state index in [2.05, 4.69) is 27.7 Å². The quantitative estimate of drug-likeness (QED) is 0.914. The van der Waals surface area contributed by atoms with Crippen molar-refractivity contribution < 1.29 is 4.74 Å². The van der Waals surface area contributed by atoms with Crippen LogP contribution in [0.3, 0.4) is 0 Å². The standard InChI is InChI=1S/C14H24N2OS/c1-6-14(4,17-5)12-16-10-8-13(2,3)7-9(15)11(10)18-12/h9H,6-8,15H2,1-5H3. The van der Waals surface area contributed by atoms with Gasteiger partial charge in [-0.15, -0.1) is 11.3 Å². The average molecular weight is 268 g/mol. The summed E-state index contributed by atoms with van der Waals surface area (Å²) in [5.74, 6) is 0. The molecule has 0 fully saturated rings. The second-order valence-corrected chi connectivity index (χ2v) is 7.30. The number of thiazole rings is 1. The Morgan fingerprint density at radius 2 is 2.22 bits per heavy atom. The van der Waals surface area contributed by atoms with Gasteiger partial charge in [0, 0.05) is 18.0 Å². The highest BCUT2D eigenvalue weighted by Crippen LogP contribution is 2.44. The van der Waals surface area contributed by atoms with Crippen molar-refractivity contribution >= 4 is 11.3 Å². The van der Waals surface area contributed by atoms with Gasteiger partial charge >= 0.3 is 0 Å². The van der Waals surface area contributed by atoms with Crippen molar-refractivity contribution in [3.05, 3.63) is 15.6 Å². The molecule has 0 saturated heterocycles. The predicted octanol–water partition coefficient (Wildman–Crippen LogP) is 3.39. The molecule has 0 aliphatic heterocycles. The number of fused-ring (bicyclic) bond motifs is 1. The number of nitrogens with zero attached hydrogens (tertiary/aromatic N) is 1. The number of aromatic nitrogens is 1. The molecule has 102 valence electrons. The zero-order valence-corrected chi connectivity index (χ0v) is 12.9. The van der Waals surface area contributed by atoms with Gasteiger partial charge in [0.2, 0.25) is 0 Å². The van der Waals surface area contributed by atoms with Crippen LogP contribution in [-0.2, 0) is 16.8 Å². The first-order valence-corrected chi connectivity index (χ1v) is 7.44. The lowest BCUT2D eigenvalue weighted by Crippen LogP contribution is -2.29. The molecule has 1 aromatic heterocycles. The minimum absolute atomic E-state index is 0.132. The fourth-order valence-electron chi connectivity index (χ4n) is 2.60. The maximum atomic E-state index is 6.29. The second kappa shape index (κ2) is 4.58. The van der Waals surface area contributed by atoms with Gasteiger partial charge < -0.3 is 10.5 Å². The van der Waals surface area contributed by atoms with E-state index in [9.17, 15) is 0 Å². The number of hydrogen-bond donors (Lipinski definition) is 1. The molecule has 18 heavy (non-hydrogen) atoms. The number of rotatable bonds is 3. The van der Waals surface area contributed by atoms with Crippen molar-refractivity contribution in [2.24, 2.45) is 11.1 Å². The van der Waals surface area contributed by atoms with Crippen LogP contribution in [0.15, 0.2) is 0 Å². The molecule has 2 rings (SSSR count). The maximum Gasteiger partial charge on any atom is 0.125 e. The van der Waals surface area contributed by atoms with Gasteiger partial charge in [-0.2, -0.15) is 0 Å². The highest BCUT2D eigenvalue weighted by atomic mass is 32.1. The predicted molar refractivity (Wildman–Crippen MR) is 75.8 cm³/mol. The molecule has 0 saturated carbocycles. The van der Waals surface area contributed by atoms with Gasteiger partial charge in [0.15, 0.2) is 0 Å². The molecule has 2 atom stereocenters. The highest BCUT2D eigenvalue weighted by molar-refractivity contribution is 7.12. The first-order chi connectivity index (χ1) is 8.31. The van der Waals surface area contributed by atoms with Crippen molar-refractivity contribution in [2.45, 2.75) is 58.6 Å². The van der Waals surface area contributed by atoms with Gasteiger partial charge in [0.05, 0.1) is 5.69 Å². The Morgan fingerprint density at radius 1 is 1.56 bits per heavy atom. The van der Waals surface area contributed by atoms with Gasteiger partial charge in [0.1, 0.15) is 10.6 Å². The number of nitrogens with two attached hydrogens (primary N) is 1. The fourth-order valence-corrected chi connectivity index (χ4v) is 3.88. The summed E-state index contributed by atoms with van der Waals surface area (Å²) in [5.41, 5.74) is 7.47. The molecular formula is C14H24N2OS. The third-order valence-electron chi connectivity index (χ3n) is 4.06. The highest BCUT2D eigenvalue weighted by Gasteiger charge is 2.36. The summed E-state index contributed by atoms with van der Waals surface area (Å²) in [6.45, 7) is 8.77. The zero-order chi connectivity index (χ0) is 13.6. The summed E-state index contributed by atoms with van der Waals surface area (Å²) < 4.78 is 5.65. The largest absolute Gasteiger partial charge is 0.371 e. The van der Waals surface area contributed by atoms with E-state index >= 15 is 0 Å². The molecule has 1 heterocycles. The van der Waals surface area contributed by atoms with Gasteiger partial charge in [-0.1, -0.05) is 20.8 Å². The molecule has 3 nitrogen and oxygen atoms in total. The van der Waals surface area contributed by atoms with Crippen molar-refractivity contribution in [1.82, 2.24) is 4.98 Å². The van der Waals surface area contributed by atoms with Crippen LogP contribution in [-0.4, -0.2) is 12.1 Å². The van der Waals surface area contributed by atoms with E-state index in [1.807, 2.05) is 0 Å². The molecular weight excluding hydrogens is 244 g/mol. The third-order valence-corrected chi connectivity index (χ3v) is 5.54. The second-order valence-electron chi connectivity index (χ2n) is 6.27. The number of methoxy groups -OCH3 is 1. The lowest BCUT2D eigenvalue weighted by atomic mass is 9.77. The van der Waals surface area contributed by atoms with Gasteiger partial charge in [0.25, 0.3) is 0 Å². The van der Waals surface area contributed by atoms with Crippen molar-refractivity contribution in [3.8, 4) is 0 Å². The fraction of sp³-hybridized carbons (Fsp3) is 0.786. The Bertz CT molecular complexity index is 435. The summed E-state index contributed by atoms with van der Waals surface area (Å²) in [6.07, 6.45) is 2.99. The molecule has 1 aliphatic carbocycles. The molecule has 2 N–H and O–H groups in total. The Labute approximate surface area is 114 Å². The minimum atomic E-state index is -0.272. The van der Waals surface area contributed by atoms with Crippen LogP contribution in [0.5, 0.6) is 0 Å². The first kappa shape index (κ1) is 14.0. The summed E-state index contributed by atoms with van der Waals surface area (Å²) in [6, 6.07) is 0.132. The number of ether oxygens (including phenoxy) is 1. The Balaban J connectivity index is 2.40. The third kappa shape index (κ3) is 2.33. The Hall–Kier alpha value is -0.450. The zero-order valence-electron chi connectivity index (χ0n) is 12.0. The summed E-state index contributed by atoms with van der Waals surface area (Å²) in [4.78, 5) is 6.09. The Kier molecular flexibility index (Phi) is 3.56. The molecule has 4 heteroatoms. The molecule has 0 bridgehead atoms. The van der Waals surface area contributed by atoms with Crippen LogP contribution < -0.4 is 5.73 Å². The van der Waals surface area contributed by atoms with E-state index in [1.54, 1.807) is 18.4 Å². The molecule has 0 spiro atoms. The Morgan fingerprint density at radius 3 is 2.78 bits per heavy atom. The van der Waals surface area contributed by atoms with Crippen molar-refractivity contribution in [1.29, 1.82) is 0 Å². The van der Waals surface area contributed by atoms with E-state index in [1.165, 1.54) is 10.6 Å². The lowest BCUT2D eigenvalue weighted by Gasteiger charge is -2.32. The molecule has 1 aliphatic rings. The van der Waals surface area contributed by atoms with Gasteiger partial charge in [-0.05, 0) is 31.6 Å². The van der Waals surface area contributed by atoms with Crippen LogP contribution in [0.2, 0.25) is 0 Å². The average Bonchev–Trinajstić information content (AvgIpc) is 2.70. The molecule has 0 amide bonds. The lowest BCUT2D eigenvalue weighted by molar-refractivity contribution is -0.00171. The summed E-state index contributed by atoms with van der Waals surface area (Å²) in [5, 5.41) is 1.07. The van der Waals surface area contributed by atoms with Crippen LogP contribution >= 0.6 is 11.3 Å². The SMILES string of the molecule is CCC(C)(OC)c1nc2c(s1)C(N)CC(C)(C)C2. The molecule has 0 radical (unpaired) electrons. The van der Waals surface area contributed by atoms with Gasteiger partial charge in [-0.25, -0.2) is 4.98 Å². The van der Waals surface area contributed by atoms with Crippen LogP contribution in [0, 0.1) is 5.41 Å². The molecule has 2 unspecified atom stereocenters. The number of hydrogen-bond acceptors (Lipinski definition) is 4. The van der Waals surface area contributed by atoms with E-state index in [0.29, 0.717) is 0 Å². The normalized spacial score (nSPS) is 25.6. The maximum absolute atomic E-state index is 6.29. The van der Waals surface area contributed by atoms with Crippen molar-refractivity contribution in [3.63, 3.8) is 0 Å². The van der Waals surface area contributed by atoms with E-state index < -0.39 is 0 Å². The van der Waals surface area contributed by atoms with Crippen molar-refractivity contribution in [2.75, 3.05) is 7.11 Å². The topological polar surface area (TPSA) is 48.1 Å². The van der Waals surface area contributed by atoms with E-state index in [4.69, 9.17) is 15.5 Å². The van der Waals surface area contributed by atoms with Crippen LogP contribution in [0.1, 0.15) is 62.2 Å². The molecule has 1 aromatic rings. The first-order valence-electron chi connectivity index (χ1n) is 6.62. The van der Waals surface area contributed by atoms with E-state index in [-0.39, 0.29) is 17.1 Å². The monoisotopic (exact) mass is 268 g/mol. The summed E-state index contributed by atoms with van der Waals surface area (Å²) >= 11 is 1.74. The van der Waals surface area contributed by atoms with Crippen LogP contribution in [0.25, 0.3) is 0 Å². The minimum Gasteiger partial charge on any atom is -0.371 e. The smallest absolute Gasteiger partial charge is 0.125 e. The molecule has 0 aromatic carbocycles. The van der Waals surface area contributed by atoms with Gasteiger partial charge in [-0.3, -0.25) is 0 Å². The van der Waals surface area contributed by atoms with E-state index in [0.717, 1.165) is 24.3 Å². The summed E-state index contributed by atoms with van der Waals surface area (Å²) in [7, 11) is 1.76. The van der Waals surface area contributed by atoms with Crippen LogP contribution in [0.4, 0.5) is 0 Å².